The van der Waals surface area contributed by atoms with Gasteiger partial charge in [0, 0.05) is 19.6 Å². The van der Waals surface area contributed by atoms with Crippen molar-refractivity contribution in [2.75, 3.05) is 31.3 Å². The number of benzene rings is 1. The van der Waals surface area contributed by atoms with E-state index >= 15 is 0 Å². The fourth-order valence-electron chi connectivity index (χ4n) is 2.86. The first kappa shape index (κ1) is 19.6. The summed E-state index contributed by atoms with van der Waals surface area (Å²) < 4.78 is 5.54. The van der Waals surface area contributed by atoms with Gasteiger partial charge in [-0.25, -0.2) is 0 Å². The highest BCUT2D eigenvalue weighted by molar-refractivity contribution is 8.01. The monoisotopic (exact) mass is 406 g/mol. The SMILES string of the molecule is COC(=O)C1CCN(C(=O)CSc2nnc(NCc3ccccc3)s2)CC1. The van der Waals surface area contributed by atoms with Gasteiger partial charge in [-0.05, 0) is 18.4 Å². The lowest BCUT2D eigenvalue weighted by Gasteiger charge is -2.30. The summed E-state index contributed by atoms with van der Waals surface area (Å²) in [4.78, 5) is 25.7. The van der Waals surface area contributed by atoms with Crippen molar-refractivity contribution >= 4 is 40.1 Å². The second-order valence-corrected chi connectivity index (χ2v) is 8.38. The molecule has 3 rings (SSSR count). The Morgan fingerprint density at radius 3 is 2.70 bits per heavy atom. The Balaban J connectivity index is 1.41. The molecular formula is C18H22N4O3S2. The van der Waals surface area contributed by atoms with Crippen LogP contribution in [-0.4, -0.2) is 52.9 Å². The second kappa shape index (κ2) is 9.70. The minimum Gasteiger partial charge on any atom is -0.469 e. The van der Waals surface area contributed by atoms with Crippen LogP contribution in [-0.2, 0) is 20.9 Å². The van der Waals surface area contributed by atoms with Crippen LogP contribution in [0.25, 0.3) is 0 Å². The van der Waals surface area contributed by atoms with Crippen LogP contribution < -0.4 is 5.32 Å². The number of ether oxygens (including phenoxy) is 1. The number of rotatable bonds is 7. The number of hydrogen-bond donors (Lipinski definition) is 1. The van der Waals surface area contributed by atoms with E-state index in [9.17, 15) is 9.59 Å². The maximum atomic E-state index is 12.4. The molecule has 7 nitrogen and oxygen atoms in total. The zero-order chi connectivity index (χ0) is 19.1. The van der Waals surface area contributed by atoms with Gasteiger partial charge < -0.3 is 15.0 Å². The summed E-state index contributed by atoms with van der Waals surface area (Å²) in [5, 5.41) is 12.2. The summed E-state index contributed by atoms with van der Waals surface area (Å²) in [5.74, 6) is 0.127. The molecule has 0 radical (unpaired) electrons. The lowest BCUT2D eigenvalue weighted by atomic mass is 9.97. The van der Waals surface area contributed by atoms with Crippen molar-refractivity contribution in [3.8, 4) is 0 Å². The van der Waals surface area contributed by atoms with E-state index < -0.39 is 0 Å². The van der Waals surface area contributed by atoms with Crippen LogP contribution in [0.2, 0.25) is 0 Å². The molecule has 144 valence electrons. The zero-order valence-electron chi connectivity index (χ0n) is 15.1. The van der Waals surface area contributed by atoms with E-state index in [1.54, 1.807) is 0 Å². The number of piperidine rings is 1. The number of hydrogen-bond acceptors (Lipinski definition) is 8. The molecule has 0 bridgehead atoms. The number of amides is 1. The third-order valence-corrected chi connectivity index (χ3v) is 6.39. The molecular weight excluding hydrogens is 384 g/mol. The van der Waals surface area contributed by atoms with Gasteiger partial charge in [0.05, 0.1) is 18.8 Å². The lowest BCUT2D eigenvalue weighted by Crippen LogP contribution is -2.41. The summed E-state index contributed by atoms with van der Waals surface area (Å²) in [5.41, 5.74) is 1.17. The van der Waals surface area contributed by atoms with E-state index in [4.69, 9.17) is 4.74 Å². The molecule has 0 atom stereocenters. The number of thioether (sulfide) groups is 1. The van der Waals surface area contributed by atoms with Gasteiger partial charge in [0.2, 0.25) is 11.0 Å². The normalized spacial score (nSPS) is 14.8. The van der Waals surface area contributed by atoms with E-state index in [1.807, 2.05) is 35.2 Å². The zero-order valence-corrected chi connectivity index (χ0v) is 16.7. The van der Waals surface area contributed by atoms with Crippen molar-refractivity contribution < 1.29 is 14.3 Å². The average Bonchev–Trinajstić information content (AvgIpc) is 3.18. The Hall–Kier alpha value is -2.13. The molecule has 2 aromatic rings. The minimum absolute atomic E-state index is 0.0670. The molecule has 1 fully saturated rings. The number of anilines is 1. The van der Waals surface area contributed by atoms with Crippen molar-refractivity contribution in [2.24, 2.45) is 5.92 Å². The third-order valence-electron chi connectivity index (χ3n) is 4.39. The van der Waals surface area contributed by atoms with E-state index in [2.05, 4.69) is 15.5 Å². The maximum absolute atomic E-state index is 12.4. The Morgan fingerprint density at radius 1 is 1.26 bits per heavy atom. The minimum atomic E-state index is -0.180. The fraction of sp³-hybridized carbons (Fsp3) is 0.444. The van der Waals surface area contributed by atoms with Crippen LogP contribution in [0.4, 0.5) is 5.13 Å². The van der Waals surface area contributed by atoms with Crippen molar-refractivity contribution in [3.63, 3.8) is 0 Å². The number of likely N-dealkylation sites (tertiary alicyclic amines) is 1. The molecule has 0 aliphatic carbocycles. The average molecular weight is 407 g/mol. The molecule has 1 N–H and O–H groups in total. The van der Waals surface area contributed by atoms with Crippen molar-refractivity contribution in [2.45, 2.75) is 23.7 Å². The van der Waals surface area contributed by atoms with Crippen LogP contribution in [0.15, 0.2) is 34.7 Å². The van der Waals surface area contributed by atoms with E-state index in [-0.39, 0.29) is 17.8 Å². The van der Waals surface area contributed by atoms with Gasteiger partial charge in [0.25, 0.3) is 0 Å². The highest BCUT2D eigenvalue weighted by Gasteiger charge is 2.27. The third kappa shape index (κ3) is 5.67. The van der Waals surface area contributed by atoms with Gasteiger partial charge in [-0.3, -0.25) is 9.59 Å². The quantitative estimate of drug-likeness (QED) is 0.559. The highest BCUT2D eigenvalue weighted by Crippen LogP contribution is 2.27. The summed E-state index contributed by atoms with van der Waals surface area (Å²) in [6.07, 6.45) is 1.32. The van der Waals surface area contributed by atoms with Crippen LogP contribution in [0.3, 0.4) is 0 Å². The van der Waals surface area contributed by atoms with E-state index in [0.29, 0.717) is 38.2 Å². The smallest absolute Gasteiger partial charge is 0.308 e. The molecule has 1 amide bonds. The van der Waals surface area contributed by atoms with Crippen molar-refractivity contribution in [3.05, 3.63) is 35.9 Å². The summed E-state index contributed by atoms with van der Waals surface area (Å²) in [7, 11) is 1.40. The molecule has 27 heavy (non-hydrogen) atoms. The number of carbonyl (C=O) groups is 2. The lowest BCUT2D eigenvalue weighted by molar-refractivity contribution is -0.148. The van der Waals surface area contributed by atoms with Gasteiger partial charge in [0.1, 0.15) is 0 Å². The maximum Gasteiger partial charge on any atom is 0.308 e. The highest BCUT2D eigenvalue weighted by atomic mass is 32.2. The first-order valence-electron chi connectivity index (χ1n) is 8.75. The first-order valence-corrected chi connectivity index (χ1v) is 10.6. The molecule has 1 aliphatic heterocycles. The van der Waals surface area contributed by atoms with Crippen LogP contribution >= 0.6 is 23.1 Å². The Morgan fingerprint density at radius 2 is 2.00 bits per heavy atom. The molecule has 2 heterocycles. The first-order chi connectivity index (χ1) is 13.2. The van der Waals surface area contributed by atoms with Crippen molar-refractivity contribution in [1.82, 2.24) is 15.1 Å². The topological polar surface area (TPSA) is 84.4 Å². The predicted octanol–water partition coefficient (Wildman–Crippen LogP) is 2.65. The van der Waals surface area contributed by atoms with Crippen LogP contribution in [0.5, 0.6) is 0 Å². The molecule has 1 aromatic carbocycles. The van der Waals surface area contributed by atoms with Gasteiger partial charge in [-0.15, -0.1) is 10.2 Å². The molecule has 1 aromatic heterocycles. The van der Waals surface area contributed by atoms with E-state index in [0.717, 1.165) is 9.47 Å². The molecule has 0 unspecified atom stereocenters. The number of methoxy groups -OCH3 is 1. The van der Waals surface area contributed by atoms with Crippen molar-refractivity contribution in [1.29, 1.82) is 0 Å². The molecule has 0 saturated carbocycles. The molecule has 1 aliphatic rings. The summed E-state index contributed by atoms with van der Waals surface area (Å²) in [6.45, 7) is 1.88. The Kier molecular flexibility index (Phi) is 7.05. The number of esters is 1. The molecule has 9 heteroatoms. The van der Waals surface area contributed by atoms with Crippen LogP contribution in [0, 0.1) is 5.92 Å². The van der Waals surface area contributed by atoms with Gasteiger partial charge in [-0.2, -0.15) is 0 Å². The van der Waals surface area contributed by atoms with Gasteiger partial charge in [-0.1, -0.05) is 53.4 Å². The van der Waals surface area contributed by atoms with Gasteiger partial charge in [0.15, 0.2) is 4.34 Å². The summed E-state index contributed by atoms with van der Waals surface area (Å²) >= 11 is 2.84. The van der Waals surface area contributed by atoms with Gasteiger partial charge >= 0.3 is 5.97 Å². The number of carbonyl (C=O) groups excluding carboxylic acids is 2. The molecule has 0 spiro atoms. The number of nitrogens with one attached hydrogen (secondary N) is 1. The second-order valence-electron chi connectivity index (χ2n) is 6.18. The fourth-order valence-corrected chi connectivity index (χ4v) is 4.51. The standard InChI is InChI=1S/C18H22N4O3S2/c1-25-16(24)14-7-9-22(10-8-14)15(23)12-26-18-21-20-17(27-18)19-11-13-5-3-2-4-6-13/h2-6,14H,7-12H2,1H3,(H,19,20). The number of nitrogens with zero attached hydrogens (tertiary/aromatic N) is 3. The summed E-state index contributed by atoms with van der Waals surface area (Å²) in [6, 6.07) is 10.1. The largest absolute Gasteiger partial charge is 0.469 e. The van der Waals surface area contributed by atoms with Crippen LogP contribution in [0.1, 0.15) is 18.4 Å². The Bertz CT molecular complexity index is 761. The predicted molar refractivity (Wildman–Crippen MR) is 106 cm³/mol. The van der Waals surface area contributed by atoms with E-state index in [1.165, 1.54) is 35.8 Å². The Labute approximate surface area is 166 Å². The molecule has 1 saturated heterocycles. The number of aromatic nitrogens is 2.